The number of carbonyl (C=O) groups excluding carboxylic acids is 2. The van der Waals surface area contributed by atoms with Gasteiger partial charge in [-0.15, -0.1) is 11.3 Å². The normalized spacial score (nSPS) is 10.2. The van der Waals surface area contributed by atoms with E-state index in [9.17, 15) is 9.59 Å². The van der Waals surface area contributed by atoms with Crippen molar-refractivity contribution >= 4 is 34.6 Å². The van der Waals surface area contributed by atoms with Crippen LogP contribution in [-0.4, -0.2) is 24.1 Å². The number of amides is 3. The number of aromatic nitrogens is 1. The van der Waals surface area contributed by atoms with E-state index in [1.54, 1.807) is 30.3 Å². The van der Waals surface area contributed by atoms with Crippen LogP contribution >= 0.6 is 11.3 Å². The Kier molecular flexibility index (Phi) is 4.57. The zero-order valence-corrected chi connectivity index (χ0v) is 13.5. The SMILES string of the molecule is CNC(=O)Nc1ccc(NC(=O)c2cc(-c3cccs3)on2)cc1. The maximum absolute atomic E-state index is 12.2. The maximum Gasteiger partial charge on any atom is 0.318 e. The van der Waals surface area contributed by atoms with E-state index < -0.39 is 0 Å². The highest BCUT2D eigenvalue weighted by atomic mass is 32.1. The molecule has 2 aromatic heterocycles. The fourth-order valence-corrected chi connectivity index (χ4v) is 2.62. The highest BCUT2D eigenvalue weighted by Gasteiger charge is 2.14. The number of benzene rings is 1. The van der Waals surface area contributed by atoms with Crippen molar-refractivity contribution in [1.82, 2.24) is 10.5 Å². The molecule has 7 nitrogen and oxygen atoms in total. The molecule has 0 aliphatic rings. The molecule has 0 aliphatic carbocycles. The predicted molar refractivity (Wildman–Crippen MR) is 92.3 cm³/mol. The van der Waals surface area contributed by atoms with Gasteiger partial charge in [-0.3, -0.25) is 4.79 Å². The first kappa shape index (κ1) is 15.8. The molecule has 0 bridgehead atoms. The van der Waals surface area contributed by atoms with Gasteiger partial charge in [-0.05, 0) is 35.7 Å². The van der Waals surface area contributed by atoms with Gasteiger partial charge in [0.15, 0.2) is 11.5 Å². The second-order valence-corrected chi connectivity index (χ2v) is 5.74. The van der Waals surface area contributed by atoms with Gasteiger partial charge >= 0.3 is 6.03 Å². The molecule has 0 unspecified atom stereocenters. The van der Waals surface area contributed by atoms with Crippen LogP contribution in [0.1, 0.15) is 10.5 Å². The molecule has 1 aromatic carbocycles. The van der Waals surface area contributed by atoms with E-state index in [-0.39, 0.29) is 17.6 Å². The number of hydrogen-bond acceptors (Lipinski definition) is 5. The van der Waals surface area contributed by atoms with Crippen LogP contribution in [0.5, 0.6) is 0 Å². The molecule has 3 aromatic rings. The van der Waals surface area contributed by atoms with E-state index in [0.29, 0.717) is 17.1 Å². The number of carbonyl (C=O) groups is 2. The van der Waals surface area contributed by atoms with Crippen molar-refractivity contribution in [3.05, 3.63) is 53.5 Å². The average Bonchev–Trinajstić information content (AvgIpc) is 3.27. The van der Waals surface area contributed by atoms with Gasteiger partial charge in [0.2, 0.25) is 0 Å². The van der Waals surface area contributed by atoms with Crippen molar-refractivity contribution in [1.29, 1.82) is 0 Å². The van der Waals surface area contributed by atoms with Crippen LogP contribution < -0.4 is 16.0 Å². The van der Waals surface area contributed by atoms with E-state index in [2.05, 4.69) is 21.1 Å². The molecule has 3 rings (SSSR count). The molecule has 3 N–H and O–H groups in total. The van der Waals surface area contributed by atoms with Crippen LogP contribution in [0.25, 0.3) is 10.6 Å². The lowest BCUT2D eigenvalue weighted by Crippen LogP contribution is -2.24. The third-order valence-corrected chi connectivity index (χ3v) is 4.02. The molecule has 0 saturated carbocycles. The summed E-state index contributed by atoms with van der Waals surface area (Å²) in [6.45, 7) is 0. The molecular weight excluding hydrogens is 328 g/mol. The largest absolute Gasteiger partial charge is 0.355 e. The molecule has 122 valence electrons. The molecule has 8 heteroatoms. The van der Waals surface area contributed by atoms with Gasteiger partial charge in [0.1, 0.15) is 0 Å². The third kappa shape index (κ3) is 3.61. The number of rotatable bonds is 4. The first-order valence-corrected chi connectivity index (χ1v) is 7.94. The lowest BCUT2D eigenvalue weighted by atomic mass is 10.2. The quantitative estimate of drug-likeness (QED) is 0.677. The number of urea groups is 1. The van der Waals surface area contributed by atoms with E-state index in [4.69, 9.17) is 4.52 Å². The summed E-state index contributed by atoms with van der Waals surface area (Å²) in [5.41, 5.74) is 1.41. The van der Waals surface area contributed by atoms with Crippen LogP contribution in [0.3, 0.4) is 0 Å². The van der Waals surface area contributed by atoms with Gasteiger partial charge in [0, 0.05) is 24.5 Å². The number of nitrogens with one attached hydrogen (secondary N) is 3. The van der Waals surface area contributed by atoms with Crippen molar-refractivity contribution in [2.24, 2.45) is 0 Å². The Morgan fingerprint density at radius 3 is 2.42 bits per heavy atom. The second kappa shape index (κ2) is 6.97. The standard InChI is InChI=1S/C16H14N4O3S/c1-17-16(22)19-11-6-4-10(5-7-11)18-15(21)12-9-13(23-20-12)14-3-2-8-24-14/h2-9H,1H3,(H,18,21)(H2,17,19,22). The monoisotopic (exact) mass is 342 g/mol. The summed E-state index contributed by atoms with van der Waals surface area (Å²) in [6, 6.07) is 11.8. The summed E-state index contributed by atoms with van der Waals surface area (Å²) in [5, 5.41) is 13.5. The molecule has 24 heavy (non-hydrogen) atoms. The molecule has 0 radical (unpaired) electrons. The van der Waals surface area contributed by atoms with Crippen molar-refractivity contribution in [2.45, 2.75) is 0 Å². The van der Waals surface area contributed by atoms with Gasteiger partial charge in [-0.2, -0.15) is 0 Å². The summed E-state index contributed by atoms with van der Waals surface area (Å²) in [6.07, 6.45) is 0. The Bertz CT molecular complexity index is 841. The number of anilines is 2. The van der Waals surface area contributed by atoms with E-state index in [1.165, 1.54) is 18.4 Å². The fraction of sp³-hybridized carbons (Fsp3) is 0.0625. The summed E-state index contributed by atoms with van der Waals surface area (Å²) in [7, 11) is 1.53. The van der Waals surface area contributed by atoms with Gasteiger partial charge in [-0.25, -0.2) is 4.79 Å². The molecule has 2 heterocycles. The van der Waals surface area contributed by atoms with E-state index in [1.807, 2.05) is 17.5 Å². The Morgan fingerprint density at radius 1 is 1.08 bits per heavy atom. The van der Waals surface area contributed by atoms with Crippen molar-refractivity contribution in [3.63, 3.8) is 0 Å². The van der Waals surface area contributed by atoms with Crippen LogP contribution in [0.4, 0.5) is 16.2 Å². The van der Waals surface area contributed by atoms with Gasteiger partial charge in [0.25, 0.3) is 5.91 Å². The number of nitrogens with zero attached hydrogens (tertiary/aromatic N) is 1. The van der Waals surface area contributed by atoms with E-state index in [0.717, 1.165) is 4.88 Å². The van der Waals surface area contributed by atoms with Crippen molar-refractivity contribution in [3.8, 4) is 10.6 Å². The molecule has 0 atom stereocenters. The van der Waals surface area contributed by atoms with E-state index >= 15 is 0 Å². The Morgan fingerprint density at radius 2 is 1.79 bits per heavy atom. The van der Waals surface area contributed by atoms with Crippen LogP contribution in [-0.2, 0) is 0 Å². The topological polar surface area (TPSA) is 96.3 Å². The fourth-order valence-electron chi connectivity index (χ4n) is 1.94. The first-order chi connectivity index (χ1) is 11.7. The minimum Gasteiger partial charge on any atom is -0.355 e. The summed E-state index contributed by atoms with van der Waals surface area (Å²) in [5.74, 6) is 0.189. The van der Waals surface area contributed by atoms with Crippen LogP contribution in [0.2, 0.25) is 0 Å². The van der Waals surface area contributed by atoms with Gasteiger partial charge in [0.05, 0.1) is 4.88 Å². The second-order valence-electron chi connectivity index (χ2n) is 4.79. The lowest BCUT2D eigenvalue weighted by molar-refractivity contribution is 0.101. The van der Waals surface area contributed by atoms with Gasteiger partial charge < -0.3 is 20.5 Å². The highest BCUT2D eigenvalue weighted by molar-refractivity contribution is 7.13. The Balaban J connectivity index is 1.65. The predicted octanol–water partition coefficient (Wildman–Crippen LogP) is 3.41. The minimum absolute atomic E-state index is 0.200. The Labute approximate surface area is 141 Å². The first-order valence-electron chi connectivity index (χ1n) is 7.06. The molecule has 3 amide bonds. The molecule has 0 saturated heterocycles. The number of hydrogen-bond donors (Lipinski definition) is 3. The minimum atomic E-state index is -0.367. The van der Waals surface area contributed by atoms with Crippen molar-refractivity contribution in [2.75, 3.05) is 17.7 Å². The van der Waals surface area contributed by atoms with Gasteiger partial charge in [-0.1, -0.05) is 11.2 Å². The van der Waals surface area contributed by atoms with Crippen LogP contribution in [0, 0.1) is 0 Å². The third-order valence-electron chi connectivity index (χ3n) is 3.13. The summed E-state index contributed by atoms with van der Waals surface area (Å²) >= 11 is 1.51. The molecule has 0 spiro atoms. The zero-order valence-electron chi connectivity index (χ0n) is 12.7. The van der Waals surface area contributed by atoms with Crippen LogP contribution in [0.15, 0.2) is 52.4 Å². The highest BCUT2D eigenvalue weighted by Crippen LogP contribution is 2.25. The summed E-state index contributed by atoms with van der Waals surface area (Å²) in [4.78, 5) is 24.3. The molecule has 0 fully saturated rings. The zero-order chi connectivity index (χ0) is 16.9. The molecule has 0 aliphatic heterocycles. The Hall–Kier alpha value is -3.13. The summed E-state index contributed by atoms with van der Waals surface area (Å²) < 4.78 is 5.19. The average molecular weight is 342 g/mol. The molecular formula is C16H14N4O3S. The lowest BCUT2D eigenvalue weighted by Gasteiger charge is -2.06. The van der Waals surface area contributed by atoms with Crippen molar-refractivity contribution < 1.29 is 14.1 Å². The number of thiophene rings is 1. The smallest absolute Gasteiger partial charge is 0.318 e. The maximum atomic E-state index is 12.2.